The second kappa shape index (κ2) is 8.55. The number of nitrogens with two attached hydrogens (primary N) is 1. The van der Waals surface area contributed by atoms with Crippen molar-refractivity contribution in [3.05, 3.63) is 29.8 Å². The third-order valence-corrected chi connectivity index (χ3v) is 6.23. The Morgan fingerprint density at radius 3 is 2.52 bits per heavy atom. The first-order valence-corrected chi connectivity index (χ1v) is 9.92. The van der Waals surface area contributed by atoms with E-state index in [1.165, 1.54) is 35.5 Å². The molecule has 1 aromatic rings. The van der Waals surface area contributed by atoms with Gasteiger partial charge in [0.05, 0.1) is 4.90 Å². The molecule has 138 valence electrons. The van der Waals surface area contributed by atoms with Crippen molar-refractivity contribution in [2.75, 3.05) is 19.6 Å². The first kappa shape index (κ1) is 19.6. The molecule has 1 unspecified atom stereocenters. The maximum Gasteiger partial charge on any atom is 0.243 e. The molecule has 1 aromatic carbocycles. The van der Waals surface area contributed by atoms with E-state index in [-0.39, 0.29) is 16.6 Å². The van der Waals surface area contributed by atoms with Crippen LogP contribution in [0.15, 0.2) is 29.2 Å². The third kappa shape index (κ3) is 4.65. The van der Waals surface area contributed by atoms with Gasteiger partial charge < -0.3 is 11.1 Å². The minimum absolute atomic E-state index is 0.0964. The summed E-state index contributed by atoms with van der Waals surface area (Å²) in [6, 6.07) is 5.13. The molecule has 0 spiro atoms. The van der Waals surface area contributed by atoms with Gasteiger partial charge in [0.1, 0.15) is 6.04 Å². The molecule has 1 amide bonds. The van der Waals surface area contributed by atoms with Crippen molar-refractivity contribution >= 4 is 21.7 Å². The number of Topliss-reactive ketones (excluding diaryl/α,β-unsaturated/α-hetero) is 1. The highest BCUT2D eigenvalue weighted by molar-refractivity contribution is 7.89. The number of nitrogens with one attached hydrogen (secondary N) is 1. The van der Waals surface area contributed by atoms with Gasteiger partial charge in [0, 0.05) is 18.7 Å². The molecule has 0 bridgehead atoms. The van der Waals surface area contributed by atoms with Crippen LogP contribution >= 0.6 is 0 Å². The van der Waals surface area contributed by atoms with Gasteiger partial charge in [-0.2, -0.15) is 4.31 Å². The monoisotopic (exact) mass is 367 g/mol. The topological polar surface area (TPSA) is 110 Å². The Labute approximate surface area is 148 Å². The zero-order valence-electron chi connectivity index (χ0n) is 14.4. The summed E-state index contributed by atoms with van der Waals surface area (Å²) in [5, 5.41) is 2.76. The van der Waals surface area contributed by atoms with Gasteiger partial charge in [-0.15, -0.1) is 0 Å². The predicted molar refractivity (Wildman–Crippen MR) is 94.7 cm³/mol. The summed E-state index contributed by atoms with van der Waals surface area (Å²) < 4.78 is 27.2. The van der Waals surface area contributed by atoms with E-state index in [0.29, 0.717) is 38.0 Å². The lowest BCUT2D eigenvalue weighted by molar-refractivity contribution is -0.125. The van der Waals surface area contributed by atoms with E-state index in [2.05, 4.69) is 5.32 Å². The summed E-state index contributed by atoms with van der Waals surface area (Å²) in [5.41, 5.74) is 5.87. The van der Waals surface area contributed by atoms with Crippen LogP contribution < -0.4 is 11.1 Å². The predicted octanol–water partition coefficient (Wildman–Crippen LogP) is 0.897. The minimum Gasteiger partial charge on any atom is -0.355 e. The van der Waals surface area contributed by atoms with Crippen LogP contribution in [-0.2, 0) is 14.8 Å². The standard InChI is InChI=1S/C17H25N3O4S/c1-13(21)14-6-8-15(9-7-14)25(23,24)20-12-3-2-5-16(20)17(22)19-11-4-10-18/h6-9,16H,2-5,10-12,18H2,1H3,(H,19,22). The molecule has 3 N–H and O–H groups in total. The van der Waals surface area contributed by atoms with Crippen molar-refractivity contribution in [3.8, 4) is 0 Å². The molecular formula is C17H25N3O4S. The van der Waals surface area contributed by atoms with E-state index >= 15 is 0 Å². The van der Waals surface area contributed by atoms with Gasteiger partial charge in [-0.25, -0.2) is 8.42 Å². The molecule has 25 heavy (non-hydrogen) atoms. The number of benzene rings is 1. The molecule has 0 aromatic heterocycles. The smallest absolute Gasteiger partial charge is 0.243 e. The zero-order valence-corrected chi connectivity index (χ0v) is 15.2. The highest BCUT2D eigenvalue weighted by Crippen LogP contribution is 2.25. The number of carbonyl (C=O) groups excluding carboxylic acids is 2. The molecule has 1 fully saturated rings. The Hall–Kier alpha value is -1.77. The normalized spacial score (nSPS) is 18.7. The fourth-order valence-electron chi connectivity index (χ4n) is 2.88. The largest absolute Gasteiger partial charge is 0.355 e. The Bertz CT molecular complexity index is 716. The van der Waals surface area contributed by atoms with Crippen molar-refractivity contribution < 1.29 is 18.0 Å². The van der Waals surface area contributed by atoms with Crippen LogP contribution in [0.2, 0.25) is 0 Å². The summed E-state index contributed by atoms with van der Waals surface area (Å²) in [6.45, 7) is 2.64. The van der Waals surface area contributed by atoms with Gasteiger partial charge in [0.15, 0.2) is 5.78 Å². The van der Waals surface area contributed by atoms with Crippen LogP contribution in [0.4, 0.5) is 0 Å². The maximum atomic E-state index is 13.0. The number of hydrogen-bond donors (Lipinski definition) is 2. The number of sulfonamides is 1. The first-order valence-electron chi connectivity index (χ1n) is 8.48. The van der Waals surface area contributed by atoms with E-state index in [0.717, 1.165) is 12.8 Å². The van der Waals surface area contributed by atoms with Crippen LogP contribution in [0.5, 0.6) is 0 Å². The van der Waals surface area contributed by atoms with E-state index < -0.39 is 16.1 Å². The number of hydrogen-bond acceptors (Lipinski definition) is 5. The number of piperidine rings is 1. The Morgan fingerprint density at radius 1 is 1.24 bits per heavy atom. The number of ketones is 1. The first-order chi connectivity index (χ1) is 11.9. The van der Waals surface area contributed by atoms with Gasteiger partial charge in [0.25, 0.3) is 0 Å². The van der Waals surface area contributed by atoms with Crippen molar-refractivity contribution in [2.24, 2.45) is 5.73 Å². The van der Waals surface area contributed by atoms with E-state index in [1.807, 2.05) is 0 Å². The van der Waals surface area contributed by atoms with Crippen molar-refractivity contribution in [1.29, 1.82) is 0 Å². The second-order valence-electron chi connectivity index (χ2n) is 6.14. The molecule has 1 atom stereocenters. The van der Waals surface area contributed by atoms with Crippen molar-refractivity contribution in [2.45, 2.75) is 43.5 Å². The third-order valence-electron chi connectivity index (χ3n) is 4.30. The lowest BCUT2D eigenvalue weighted by Gasteiger charge is -2.33. The molecule has 1 heterocycles. The molecule has 1 saturated heterocycles. The van der Waals surface area contributed by atoms with Gasteiger partial charge in [0.2, 0.25) is 15.9 Å². The van der Waals surface area contributed by atoms with Gasteiger partial charge in [-0.1, -0.05) is 18.6 Å². The maximum absolute atomic E-state index is 13.0. The average Bonchev–Trinajstić information content (AvgIpc) is 2.62. The fourth-order valence-corrected chi connectivity index (χ4v) is 4.54. The summed E-state index contributed by atoms with van der Waals surface area (Å²) in [7, 11) is -3.79. The number of rotatable bonds is 7. The lowest BCUT2D eigenvalue weighted by Crippen LogP contribution is -2.52. The van der Waals surface area contributed by atoms with Crippen LogP contribution in [0.25, 0.3) is 0 Å². The van der Waals surface area contributed by atoms with E-state index in [4.69, 9.17) is 5.73 Å². The number of nitrogens with zero attached hydrogens (tertiary/aromatic N) is 1. The lowest BCUT2D eigenvalue weighted by atomic mass is 10.0. The molecular weight excluding hydrogens is 342 g/mol. The molecule has 1 aliphatic heterocycles. The summed E-state index contributed by atoms with van der Waals surface area (Å²) in [5.74, 6) is -0.406. The van der Waals surface area contributed by atoms with Gasteiger partial charge in [-0.3, -0.25) is 9.59 Å². The van der Waals surface area contributed by atoms with Gasteiger partial charge >= 0.3 is 0 Å². The Morgan fingerprint density at radius 2 is 1.92 bits per heavy atom. The number of carbonyl (C=O) groups is 2. The highest BCUT2D eigenvalue weighted by atomic mass is 32.2. The van der Waals surface area contributed by atoms with E-state index in [9.17, 15) is 18.0 Å². The molecule has 0 aliphatic carbocycles. The summed E-state index contributed by atoms with van der Waals surface area (Å²) in [6.07, 6.45) is 2.68. The molecule has 0 saturated carbocycles. The number of amides is 1. The minimum atomic E-state index is -3.79. The molecule has 1 aliphatic rings. The van der Waals surface area contributed by atoms with Crippen molar-refractivity contribution in [1.82, 2.24) is 9.62 Å². The molecule has 7 nitrogen and oxygen atoms in total. The van der Waals surface area contributed by atoms with Crippen molar-refractivity contribution in [3.63, 3.8) is 0 Å². The van der Waals surface area contributed by atoms with Crippen LogP contribution in [0.1, 0.15) is 43.0 Å². The zero-order chi connectivity index (χ0) is 18.4. The van der Waals surface area contributed by atoms with Crippen LogP contribution in [-0.4, -0.2) is 50.1 Å². The van der Waals surface area contributed by atoms with Crippen LogP contribution in [0, 0.1) is 0 Å². The summed E-state index contributed by atoms with van der Waals surface area (Å²) >= 11 is 0. The Balaban J connectivity index is 2.22. The van der Waals surface area contributed by atoms with Gasteiger partial charge in [-0.05, 0) is 44.9 Å². The Kier molecular flexibility index (Phi) is 6.69. The van der Waals surface area contributed by atoms with Crippen LogP contribution in [0.3, 0.4) is 0 Å². The SMILES string of the molecule is CC(=O)c1ccc(S(=O)(=O)N2CCCCC2C(=O)NCCCN)cc1. The molecule has 0 radical (unpaired) electrons. The molecule has 2 rings (SSSR count). The highest BCUT2D eigenvalue weighted by Gasteiger charge is 2.37. The molecule has 8 heteroatoms. The fraction of sp³-hybridized carbons (Fsp3) is 0.529. The quantitative estimate of drug-likeness (QED) is 0.550. The summed E-state index contributed by atoms with van der Waals surface area (Å²) in [4.78, 5) is 23.9. The average molecular weight is 367 g/mol. The van der Waals surface area contributed by atoms with E-state index in [1.54, 1.807) is 0 Å². The second-order valence-corrected chi connectivity index (χ2v) is 8.03.